The Labute approximate surface area is 81.5 Å². The van der Waals surface area contributed by atoms with E-state index in [1.54, 1.807) is 18.1 Å². The number of aromatic nitrogens is 3. The molecule has 0 aromatic carbocycles. The zero-order chi connectivity index (χ0) is 8.81. The minimum Gasteiger partial charge on any atom is -0.250 e. The standard InChI is InChI=1S/C7H12ClN3S/c1-2-11-7(9-6-10-11)5-12-4-3-8/h6H,2-5H2,1H3. The molecule has 0 N–H and O–H groups in total. The number of rotatable bonds is 5. The SMILES string of the molecule is CCn1ncnc1CSCCCl. The molecule has 1 heterocycles. The summed E-state index contributed by atoms with van der Waals surface area (Å²) in [5, 5.41) is 4.07. The highest BCUT2D eigenvalue weighted by Gasteiger charge is 2.00. The third-order valence-corrected chi connectivity index (χ3v) is 2.82. The van der Waals surface area contributed by atoms with Gasteiger partial charge in [-0.3, -0.25) is 0 Å². The van der Waals surface area contributed by atoms with Crippen LogP contribution in [0.2, 0.25) is 0 Å². The Kier molecular flexibility index (Phi) is 4.46. The van der Waals surface area contributed by atoms with Gasteiger partial charge in [0.15, 0.2) is 0 Å². The maximum Gasteiger partial charge on any atom is 0.138 e. The van der Waals surface area contributed by atoms with E-state index in [2.05, 4.69) is 17.0 Å². The number of halogens is 1. The molecular weight excluding hydrogens is 194 g/mol. The van der Waals surface area contributed by atoms with Gasteiger partial charge in [-0.2, -0.15) is 16.9 Å². The molecule has 0 radical (unpaired) electrons. The summed E-state index contributed by atoms with van der Waals surface area (Å²) in [6, 6.07) is 0. The smallest absolute Gasteiger partial charge is 0.138 e. The van der Waals surface area contributed by atoms with Crippen molar-refractivity contribution in [2.24, 2.45) is 0 Å². The maximum atomic E-state index is 5.55. The van der Waals surface area contributed by atoms with Gasteiger partial charge in [-0.05, 0) is 6.92 Å². The molecule has 12 heavy (non-hydrogen) atoms. The molecule has 0 unspecified atom stereocenters. The zero-order valence-corrected chi connectivity index (χ0v) is 8.61. The molecule has 3 nitrogen and oxygen atoms in total. The van der Waals surface area contributed by atoms with E-state index in [1.807, 2.05) is 4.68 Å². The minimum atomic E-state index is 0.699. The van der Waals surface area contributed by atoms with E-state index in [-0.39, 0.29) is 0 Å². The number of aryl methyl sites for hydroxylation is 1. The Morgan fingerprint density at radius 1 is 1.67 bits per heavy atom. The summed E-state index contributed by atoms with van der Waals surface area (Å²) in [5.74, 6) is 3.61. The summed E-state index contributed by atoms with van der Waals surface area (Å²) in [4.78, 5) is 4.15. The molecule has 0 fully saturated rings. The van der Waals surface area contributed by atoms with Crippen molar-refractivity contribution in [3.05, 3.63) is 12.2 Å². The molecule has 0 saturated heterocycles. The van der Waals surface area contributed by atoms with Crippen LogP contribution in [-0.2, 0) is 12.3 Å². The Balaban J connectivity index is 2.39. The summed E-state index contributed by atoms with van der Waals surface area (Å²) in [6.45, 7) is 2.95. The lowest BCUT2D eigenvalue weighted by atomic mass is 10.6. The van der Waals surface area contributed by atoms with E-state index in [4.69, 9.17) is 11.6 Å². The molecule has 0 amide bonds. The van der Waals surface area contributed by atoms with Crippen LogP contribution in [0.3, 0.4) is 0 Å². The Morgan fingerprint density at radius 3 is 3.17 bits per heavy atom. The fraction of sp³-hybridized carbons (Fsp3) is 0.714. The van der Waals surface area contributed by atoms with Crippen LogP contribution in [0.25, 0.3) is 0 Å². The summed E-state index contributed by atoms with van der Waals surface area (Å²) in [7, 11) is 0. The van der Waals surface area contributed by atoms with Gasteiger partial charge in [-0.15, -0.1) is 11.6 Å². The molecule has 0 aliphatic heterocycles. The van der Waals surface area contributed by atoms with E-state index < -0.39 is 0 Å². The van der Waals surface area contributed by atoms with Gasteiger partial charge in [0.2, 0.25) is 0 Å². The van der Waals surface area contributed by atoms with Crippen LogP contribution in [0.15, 0.2) is 6.33 Å². The van der Waals surface area contributed by atoms with E-state index in [9.17, 15) is 0 Å². The maximum absolute atomic E-state index is 5.55. The Morgan fingerprint density at radius 2 is 2.50 bits per heavy atom. The second-order valence-corrected chi connectivity index (χ2v) is 3.72. The van der Waals surface area contributed by atoms with Crippen molar-refractivity contribution in [2.45, 2.75) is 19.2 Å². The highest BCUT2D eigenvalue weighted by atomic mass is 35.5. The Hall–Kier alpha value is -0.220. The van der Waals surface area contributed by atoms with Gasteiger partial charge in [0.25, 0.3) is 0 Å². The Bertz CT molecular complexity index is 226. The van der Waals surface area contributed by atoms with Crippen molar-refractivity contribution in [3.63, 3.8) is 0 Å². The molecule has 1 rings (SSSR count). The van der Waals surface area contributed by atoms with Crippen LogP contribution >= 0.6 is 23.4 Å². The number of nitrogens with zero attached hydrogens (tertiary/aromatic N) is 3. The topological polar surface area (TPSA) is 30.7 Å². The van der Waals surface area contributed by atoms with Crippen LogP contribution in [-0.4, -0.2) is 26.4 Å². The van der Waals surface area contributed by atoms with Crippen molar-refractivity contribution in [2.75, 3.05) is 11.6 Å². The molecule has 1 aromatic rings. The predicted octanol–water partition coefficient (Wildman–Crippen LogP) is 1.77. The largest absolute Gasteiger partial charge is 0.250 e. The molecule has 0 aliphatic rings. The van der Waals surface area contributed by atoms with Crippen LogP contribution < -0.4 is 0 Å². The van der Waals surface area contributed by atoms with Gasteiger partial charge < -0.3 is 0 Å². The minimum absolute atomic E-state index is 0.699. The lowest BCUT2D eigenvalue weighted by Gasteiger charge is -2.00. The van der Waals surface area contributed by atoms with Gasteiger partial charge >= 0.3 is 0 Å². The quantitative estimate of drug-likeness (QED) is 0.542. The number of hydrogen-bond donors (Lipinski definition) is 0. The van der Waals surface area contributed by atoms with Gasteiger partial charge in [-0.25, -0.2) is 9.67 Å². The summed E-state index contributed by atoms with van der Waals surface area (Å²) in [5.41, 5.74) is 0. The van der Waals surface area contributed by atoms with Gasteiger partial charge in [-0.1, -0.05) is 0 Å². The van der Waals surface area contributed by atoms with E-state index in [1.165, 1.54) is 0 Å². The molecule has 0 bridgehead atoms. The van der Waals surface area contributed by atoms with Crippen LogP contribution in [0, 0.1) is 0 Å². The molecule has 1 aromatic heterocycles. The van der Waals surface area contributed by atoms with E-state index >= 15 is 0 Å². The summed E-state index contributed by atoms with van der Waals surface area (Å²) >= 11 is 7.34. The first-order valence-electron chi connectivity index (χ1n) is 3.89. The van der Waals surface area contributed by atoms with Crippen LogP contribution in [0.1, 0.15) is 12.7 Å². The lowest BCUT2D eigenvalue weighted by molar-refractivity contribution is 0.632. The second-order valence-electron chi connectivity index (χ2n) is 2.23. The molecule has 68 valence electrons. The summed E-state index contributed by atoms with van der Waals surface area (Å²) in [6.07, 6.45) is 1.60. The van der Waals surface area contributed by atoms with Gasteiger partial charge in [0, 0.05) is 18.2 Å². The molecule has 0 aliphatic carbocycles. The first-order chi connectivity index (χ1) is 5.88. The van der Waals surface area contributed by atoms with Crippen molar-refractivity contribution in [3.8, 4) is 0 Å². The monoisotopic (exact) mass is 205 g/mol. The van der Waals surface area contributed by atoms with E-state index in [0.29, 0.717) is 5.88 Å². The highest BCUT2D eigenvalue weighted by molar-refractivity contribution is 7.98. The number of hydrogen-bond acceptors (Lipinski definition) is 3. The van der Waals surface area contributed by atoms with Crippen molar-refractivity contribution >= 4 is 23.4 Å². The second kappa shape index (κ2) is 5.43. The molecule has 5 heteroatoms. The van der Waals surface area contributed by atoms with Crippen molar-refractivity contribution in [1.82, 2.24) is 14.8 Å². The zero-order valence-electron chi connectivity index (χ0n) is 7.03. The third-order valence-electron chi connectivity index (χ3n) is 1.45. The predicted molar refractivity (Wildman–Crippen MR) is 52.6 cm³/mol. The first-order valence-corrected chi connectivity index (χ1v) is 5.57. The average molecular weight is 206 g/mol. The molecule has 0 saturated carbocycles. The average Bonchev–Trinajstić information content (AvgIpc) is 2.52. The van der Waals surface area contributed by atoms with Crippen molar-refractivity contribution < 1.29 is 0 Å². The fourth-order valence-corrected chi connectivity index (χ4v) is 1.87. The molecule has 0 spiro atoms. The summed E-state index contributed by atoms with van der Waals surface area (Å²) < 4.78 is 1.90. The third kappa shape index (κ3) is 2.68. The lowest BCUT2D eigenvalue weighted by Crippen LogP contribution is -2.02. The normalized spacial score (nSPS) is 10.5. The first kappa shape index (κ1) is 9.86. The number of thioether (sulfide) groups is 1. The van der Waals surface area contributed by atoms with Crippen LogP contribution in [0.4, 0.5) is 0 Å². The number of alkyl halides is 1. The van der Waals surface area contributed by atoms with Crippen molar-refractivity contribution in [1.29, 1.82) is 0 Å². The van der Waals surface area contributed by atoms with Gasteiger partial charge in [0.1, 0.15) is 12.2 Å². The van der Waals surface area contributed by atoms with Crippen LogP contribution in [0.5, 0.6) is 0 Å². The molecular formula is C7H12ClN3S. The molecule has 0 atom stereocenters. The fourth-order valence-electron chi connectivity index (χ4n) is 0.882. The van der Waals surface area contributed by atoms with E-state index in [0.717, 1.165) is 23.9 Å². The highest BCUT2D eigenvalue weighted by Crippen LogP contribution is 2.09. The van der Waals surface area contributed by atoms with Gasteiger partial charge in [0.05, 0.1) is 5.75 Å².